The van der Waals surface area contributed by atoms with E-state index in [1.54, 1.807) is 42.6 Å². The number of nitrogens with zero attached hydrogens (tertiary/aromatic N) is 2. The molecule has 0 radical (unpaired) electrons. The van der Waals surface area contributed by atoms with E-state index in [0.717, 1.165) is 0 Å². The van der Waals surface area contributed by atoms with Gasteiger partial charge < -0.3 is 5.32 Å². The number of nitrogens with one attached hydrogen (secondary N) is 2. The minimum absolute atomic E-state index is 0.0323. The van der Waals surface area contributed by atoms with Crippen LogP contribution in [0.1, 0.15) is 21.6 Å². The van der Waals surface area contributed by atoms with Crippen molar-refractivity contribution >= 4 is 51.3 Å². The zero-order chi connectivity index (χ0) is 21.0. The SMILES string of the molecule is Cc1ccc([N+](=O)[O-])cc1NC(=O)Cc1csc(NC(=O)c2ccc(Cl)cc2)n1. The van der Waals surface area contributed by atoms with E-state index in [-0.39, 0.29) is 23.9 Å². The van der Waals surface area contributed by atoms with E-state index >= 15 is 0 Å². The van der Waals surface area contributed by atoms with Gasteiger partial charge in [0.15, 0.2) is 5.13 Å². The maximum absolute atomic E-state index is 12.3. The van der Waals surface area contributed by atoms with Gasteiger partial charge in [0.2, 0.25) is 5.91 Å². The number of aryl methyl sites for hydroxylation is 1. The Hall–Kier alpha value is -3.30. The standard InChI is InChI=1S/C19H15ClN4O4S/c1-11-2-7-15(24(27)28)9-16(11)22-17(25)8-14-10-29-19(21-14)23-18(26)12-3-5-13(20)6-4-12/h2-7,9-10H,8H2,1H3,(H,22,25)(H,21,23,26). The topological polar surface area (TPSA) is 114 Å². The number of benzene rings is 2. The molecule has 3 aromatic rings. The van der Waals surface area contributed by atoms with Gasteiger partial charge in [-0.2, -0.15) is 0 Å². The lowest BCUT2D eigenvalue weighted by molar-refractivity contribution is -0.384. The van der Waals surface area contributed by atoms with Crippen LogP contribution in [0, 0.1) is 17.0 Å². The second-order valence-electron chi connectivity index (χ2n) is 6.09. The third kappa shape index (κ3) is 5.37. The van der Waals surface area contributed by atoms with Crippen LogP contribution in [0.5, 0.6) is 0 Å². The van der Waals surface area contributed by atoms with E-state index in [4.69, 9.17) is 11.6 Å². The minimum Gasteiger partial charge on any atom is -0.325 e. The van der Waals surface area contributed by atoms with Gasteiger partial charge in [0.25, 0.3) is 11.6 Å². The number of nitro groups is 1. The van der Waals surface area contributed by atoms with E-state index in [1.807, 2.05) is 0 Å². The molecule has 0 bridgehead atoms. The molecule has 2 aromatic carbocycles. The summed E-state index contributed by atoms with van der Waals surface area (Å²) in [4.78, 5) is 39.1. The molecule has 0 atom stereocenters. The first kappa shape index (κ1) is 20.4. The minimum atomic E-state index is -0.523. The number of rotatable bonds is 6. The van der Waals surface area contributed by atoms with Gasteiger partial charge in [0.05, 0.1) is 22.7 Å². The Balaban J connectivity index is 1.62. The fraction of sp³-hybridized carbons (Fsp3) is 0.105. The van der Waals surface area contributed by atoms with Gasteiger partial charge in [0.1, 0.15) is 0 Å². The molecule has 8 nitrogen and oxygen atoms in total. The average molecular weight is 431 g/mol. The molecule has 0 unspecified atom stereocenters. The lowest BCUT2D eigenvalue weighted by Crippen LogP contribution is -2.16. The van der Waals surface area contributed by atoms with Crippen molar-refractivity contribution < 1.29 is 14.5 Å². The van der Waals surface area contributed by atoms with Crippen LogP contribution in [-0.4, -0.2) is 21.7 Å². The Kier molecular flexibility index (Phi) is 6.20. The monoisotopic (exact) mass is 430 g/mol. The normalized spacial score (nSPS) is 10.4. The number of aromatic nitrogens is 1. The van der Waals surface area contributed by atoms with Gasteiger partial charge >= 0.3 is 0 Å². The molecule has 0 aliphatic rings. The number of anilines is 2. The molecule has 3 rings (SSSR count). The van der Waals surface area contributed by atoms with Crippen molar-refractivity contribution in [2.24, 2.45) is 0 Å². The Morgan fingerprint density at radius 2 is 1.90 bits per heavy atom. The predicted molar refractivity (Wildman–Crippen MR) is 112 cm³/mol. The molecule has 0 spiro atoms. The van der Waals surface area contributed by atoms with E-state index < -0.39 is 4.92 Å². The quantitative estimate of drug-likeness (QED) is 0.443. The molecule has 1 aromatic heterocycles. The zero-order valence-electron chi connectivity index (χ0n) is 15.1. The molecule has 0 aliphatic heterocycles. The Morgan fingerprint density at radius 3 is 2.59 bits per heavy atom. The first-order chi connectivity index (χ1) is 13.8. The summed E-state index contributed by atoms with van der Waals surface area (Å²) in [6.07, 6.45) is -0.0323. The van der Waals surface area contributed by atoms with Crippen LogP contribution in [-0.2, 0) is 11.2 Å². The second-order valence-corrected chi connectivity index (χ2v) is 7.38. The Labute approximate surface area is 174 Å². The number of amides is 2. The maximum Gasteiger partial charge on any atom is 0.271 e. The number of non-ortho nitro benzene ring substituents is 1. The van der Waals surface area contributed by atoms with E-state index in [9.17, 15) is 19.7 Å². The smallest absolute Gasteiger partial charge is 0.271 e. The van der Waals surface area contributed by atoms with E-state index in [0.29, 0.717) is 32.7 Å². The molecular formula is C19H15ClN4O4S. The lowest BCUT2D eigenvalue weighted by Gasteiger charge is -2.07. The summed E-state index contributed by atoms with van der Waals surface area (Å²) in [5, 5.41) is 18.8. The van der Waals surface area contributed by atoms with Crippen LogP contribution in [0.25, 0.3) is 0 Å². The number of nitro benzene ring substituents is 1. The molecule has 2 amide bonds. The van der Waals surface area contributed by atoms with Crippen LogP contribution in [0.4, 0.5) is 16.5 Å². The highest BCUT2D eigenvalue weighted by Crippen LogP contribution is 2.23. The molecule has 2 N–H and O–H groups in total. The van der Waals surface area contributed by atoms with Gasteiger partial charge in [-0.15, -0.1) is 11.3 Å². The molecule has 29 heavy (non-hydrogen) atoms. The molecule has 0 aliphatic carbocycles. The van der Waals surface area contributed by atoms with Gasteiger partial charge in [-0.3, -0.25) is 25.0 Å². The lowest BCUT2D eigenvalue weighted by atomic mass is 10.1. The zero-order valence-corrected chi connectivity index (χ0v) is 16.7. The summed E-state index contributed by atoms with van der Waals surface area (Å²) in [6.45, 7) is 1.74. The second kappa shape index (κ2) is 8.80. The van der Waals surface area contributed by atoms with Crippen molar-refractivity contribution in [1.82, 2.24) is 4.98 Å². The van der Waals surface area contributed by atoms with Crippen molar-refractivity contribution in [3.63, 3.8) is 0 Å². The van der Waals surface area contributed by atoms with Crippen molar-refractivity contribution in [2.75, 3.05) is 10.6 Å². The summed E-state index contributed by atoms with van der Waals surface area (Å²) in [6, 6.07) is 10.7. The Bertz CT molecular complexity index is 1080. The van der Waals surface area contributed by atoms with Gasteiger partial charge in [-0.05, 0) is 36.8 Å². The Morgan fingerprint density at radius 1 is 1.17 bits per heavy atom. The molecule has 0 saturated carbocycles. The summed E-state index contributed by atoms with van der Waals surface area (Å²) >= 11 is 7.00. The van der Waals surface area contributed by atoms with E-state index in [2.05, 4.69) is 15.6 Å². The van der Waals surface area contributed by atoms with Crippen LogP contribution < -0.4 is 10.6 Å². The molecule has 10 heteroatoms. The van der Waals surface area contributed by atoms with Crippen LogP contribution in [0.3, 0.4) is 0 Å². The molecule has 0 fully saturated rings. The summed E-state index contributed by atoms with van der Waals surface area (Å²) in [5.41, 5.74) is 1.88. The molecule has 0 saturated heterocycles. The summed E-state index contributed by atoms with van der Waals surface area (Å²) in [5.74, 6) is -0.700. The first-order valence-corrected chi connectivity index (χ1v) is 9.64. The van der Waals surface area contributed by atoms with Crippen LogP contribution in [0.2, 0.25) is 5.02 Å². The predicted octanol–water partition coefficient (Wildman–Crippen LogP) is 4.45. The summed E-state index contributed by atoms with van der Waals surface area (Å²) < 4.78 is 0. The third-order valence-corrected chi connectivity index (χ3v) is 4.98. The van der Waals surface area contributed by atoms with Crippen molar-refractivity contribution in [1.29, 1.82) is 0 Å². The highest BCUT2D eigenvalue weighted by Gasteiger charge is 2.14. The maximum atomic E-state index is 12.3. The van der Waals surface area contributed by atoms with Gasteiger partial charge in [-0.1, -0.05) is 17.7 Å². The molecule has 148 valence electrons. The number of hydrogen-bond donors (Lipinski definition) is 2. The van der Waals surface area contributed by atoms with Gasteiger partial charge in [0, 0.05) is 28.1 Å². The number of carbonyl (C=O) groups is 2. The molecule has 1 heterocycles. The number of halogens is 1. The number of thiazole rings is 1. The molecular weight excluding hydrogens is 416 g/mol. The fourth-order valence-electron chi connectivity index (χ4n) is 2.43. The average Bonchev–Trinajstić information content (AvgIpc) is 3.10. The van der Waals surface area contributed by atoms with Crippen molar-refractivity contribution in [3.8, 4) is 0 Å². The highest BCUT2D eigenvalue weighted by molar-refractivity contribution is 7.14. The largest absolute Gasteiger partial charge is 0.325 e. The van der Waals surface area contributed by atoms with Crippen LogP contribution in [0.15, 0.2) is 47.8 Å². The fourth-order valence-corrected chi connectivity index (χ4v) is 3.26. The highest BCUT2D eigenvalue weighted by atomic mass is 35.5. The van der Waals surface area contributed by atoms with E-state index in [1.165, 1.54) is 23.5 Å². The van der Waals surface area contributed by atoms with Gasteiger partial charge in [-0.25, -0.2) is 4.98 Å². The number of carbonyl (C=O) groups excluding carboxylic acids is 2. The number of hydrogen-bond acceptors (Lipinski definition) is 6. The van der Waals surface area contributed by atoms with Crippen molar-refractivity contribution in [3.05, 3.63) is 79.8 Å². The summed E-state index contributed by atoms with van der Waals surface area (Å²) in [7, 11) is 0. The third-order valence-electron chi connectivity index (χ3n) is 3.93. The van der Waals surface area contributed by atoms with Crippen molar-refractivity contribution in [2.45, 2.75) is 13.3 Å². The first-order valence-electron chi connectivity index (χ1n) is 8.38. The van der Waals surface area contributed by atoms with Crippen LogP contribution >= 0.6 is 22.9 Å².